The highest BCUT2D eigenvalue weighted by atomic mass is 79.9. The van der Waals surface area contributed by atoms with Crippen molar-refractivity contribution < 1.29 is 33.3 Å². The summed E-state index contributed by atoms with van der Waals surface area (Å²) in [6.07, 6.45) is 1.28. The molecule has 2 fully saturated rings. The molecular weight excluding hydrogens is 818 g/mol. The van der Waals surface area contributed by atoms with Crippen LogP contribution in [0.3, 0.4) is 0 Å². The Morgan fingerprint density at radius 3 is 2.51 bits per heavy atom. The number of ether oxygens (including phenoxy) is 4. The number of nitrogens with zero attached hydrogens (tertiary/aromatic N) is 4. The van der Waals surface area contributed by atoms with Crippen molar-refractivity contribution >= 4 is 55.8 Å². The van der Waals surface area contributed by atoms with Gasteiger partial charge in [-0.15, -0.1) is 0 Å². The summed E-state index contributed by atoms with van der Waals surface area (Å²) in [5.41, 5.74) is 5.95. The minimum Gasteiger partial charge on any atom is -0.488 e. The summed E-state index contributed by atoms with van der Waals surface area (Å²) in [6.45, 7) is 12.9. The van der Waals surface area contributed by atoms with Crippen molar-refractivity contribution in [3.63, 3.8) is 0 Å². The molecule has 3 amide bonds. The number of nitrogens with one attached hydrogen (secondary N) is 3. The van der Waals surface area contributed by atoms with Crippen LogP contribution in [0, 0.1) is 11.8 Å². The number of halogens is 1. The fraction of sp³-hybridized carbons (Fsp3) is 0.477. The van der Waals surface area contributed by atoms with E-state index in [1.54, 1.807) is 12.0 Å². The second-order valence-corrected chi connectivity index (χ2v) is 18.1. The monoisotopic (exact) mass is 869 g/mol. The molecule has 5 aromatic rings. The number of fused-ring (bicyclic) bond motifs is 6. The number of H-pyrrole nitrogens is 2. The number of imidazole rings is 2. The highest BCUT2D eigenvalue weighted by molar-refractivity contribution is 9.10. The number of aromatic amines is 2. The lowest BCUT2D eigenvalue weighted by atomic mass is 9.92. The third-order valence-electron chi connectivity index (χ3n) is 11.7. The first-order chi connectivity index (χ1) is 28.1. The number of aromatic nitrogens is 4. The van der Waals surface area contributed by atoms with Crippen molar-refractivity contribution in [1.82, 2.24) is 35.1 Å². The van der Waals surface area contributed by atoms with Crippen LogP contribution in [0.1, 0.15) is 90.1 Å². The Hall–Kier alpha value is -5.15. The minimum absolute atomic E-state index is 0.0220. The molecule has 2 saturated heterocycles. The number of carbonyl (C=O) groups is 3. The first-order valence-corrected chi connectivity index (χ1v) is 21.1. The molecule has 3 N–H and O–H groups in total. The maximum atomic E-state index is 14.0. The molecule has 5 atom stereocenters. The summed E-state index contributed by atoms with van der Waals surface area (Å²) in [5.74, 6) is 2.06. The van der Waals surface area contributed by atoms with E-state index in [4.69, 9.17) is 28.9 Å². The normalized spacial score (nSPS) is 20.8. The summed E-state index contributed by atoms with van der Waals surface area (Å²) >= 11 is 3.70. The number of rotatable bonds is 8. The Balaban J connectivity index is 1.07. The van der Waals surface area contributed by atoms with Crippen LogP contribution in [-0.4, -0.2) is 92.9 Å². The summed E-state index contributed by atoms with van der Waals surface area (Å²) in [7, 11) is 2.97. The second kappa shape index (κ2) is 15.8. The molecule has 5 heterocycles. The molecule has 3 aliphatic heterocycles. The molecule has 3 aliphatic rings. The van der Waals surface area contributed by atoms with Gasteiger partial charge in [0.1, 0.15) is 40.3 Å². The Morgan fingerprint density at radius 2 is 1.78 bits per heavy atom. The first-order valence-electron chi connectivity index (χ1n) is 20.3. The molecule has 0 saturated carbocycles. The fourth-order valence-corrected chi connectivity index (χ4v) is 9.41. The van der Waals surface area contributed by atoms with Crippen molar-refractivity contribution in [1.29, 1.82) is 0 Å². The van der Waals surface area contributed by atoms with Crippen molar-refractivity contribution in [2.24, 2.45) is 11.8 Å². The van der Waals surface area contributed by atoms with Crippen LogP contribution < -0.4 is 10.1 Å². The van der Waals surface area contributed by atoms with E-state index >= 15 is 0 Å². The van der Waals surface area contributed by atoms with Crippen molar-refractivity contribution in [3.8, 4) is 28.1 Å². The van der Waals surface area contributed by atoms with E-state index in [2.05, 4.69) is 67.6 Å². The van der Waals surface area contributed by atoms with Gasteiger partial charge in [-0.05, 0) is 110 Å². The topological polar surface area (TPSA) is 164 Å². The number of likely N-dealkylation sites (tertiary alicyclic amines) is 2. The van der Waals surface area contributed by atoms with Gasteiger partial charge in [-0.3, -0.25) is 9.69 Å². The van der Waals surface area contributed by atoms with Crippen LogP contribution in [0.4, 0.5) is 9.59 Å². The molecule has 15 heteroatoms. The van der Waals surface area contributed by atoms with E-state index < -0.39 is 17.7 Å². The summed E-state index contributed by atoms with van der Waals surface area (Å²) in [4.78, 5) is 60.0. The van der Waals surface area contributed by atoms with Crippen LogP contribution in [0.15, 0.2) is 47.1 Å². The van der Waals surface area contributed by atoms with Gasteiger partial charge in [0.25, 0.3) is 0 Å². The Morgan fingerprint density at radius 1 is 1.00 bits per heavy atom. The highest BCUT2D eigenvalue weighted by Gasteiger charge is 2.42. The second-order valence-electron chi connectivity index (χ2n) is 17.4. The van der Waals surface area contributed by atoms with Gasteiger partial charge in [-0.1, -0.05) is 32.0 Å². The SMILES string of the molecule is COC[C@H]1C[C@@H](c2nc(Br)c(-c3ccc4c(c3)COc3cc5c(ccc6nc([C@@H]7CC[C@H](C)N7C(=O)[C@@H](NC(=O)OC)C(C)C)[nH]c65)cc3-4)[nH]2)N(C(=O)OC(C)(C)C)C1. The number of carbonyl (C=O) groups excluding carboxylic acids is 3. The van der Waals surface area contributed by atoms with Gasteiger partial charge in [0.2, 0.25) is 5.91 Å². The zero-order valence-electron chi connectivity index (χ0n) is 34.8. The van der Waals surface area contributed by atoms with Crippen LogP contribution in [0.25, 0.3) is 44.2 Å². The van der Waals surface area contributed by atoms with E-state index in [1.165, 1.54) is 7.11 Å². The third kappa shape index (κ3) is 7.74. The van der Waals surface area contributed by atoms with Crippen molar-refractivity contribution in [2.45, 2.75) is 97.2 Å². The van der Waals surface area contributed by atoms with Gasteiger partial charge in [-0.2, -0.15) is 0 Å². The maximum Gasteiger partial charge on any atom is 0.410 e. The average molecular weight is 871 g/mol. The third-order valence-corrected chi connectivity index (χ3v) is 12.3. The minimum atomic E-state index is -0.722. The molecule has 0 aliphatic carbocycles. The van der Waals surface area contributed by atoms with Crippen LogP contribution in [0.5, 0.6) is 5.75 Å². The Kier molecular flexibility index (Phi) is 10.9. The lowest BCUT2D eigenvalue weighted by Crippen LogP contribution is -2.52. The molecular formula is C44H52BrN7O7. The maximum absolute atomic E-state index is 14.0. The molecule has 0 radical (unpaired) electrons. The van der Waals surface area contributed by atoms with E-state index in [0.717, 1.165) is 74.2 Å². The van der Waals surface area contributed by atoms with E-state index in [0.29, 0.717) is 36.6 Å². The molecule has 8 rings (SSSR count). The van der Waals surface area contributed by atoms with Crippen molar-refractivity contribution in [2.75, 3.05) is 27.4 Å². The molecule has 2 aromatic heterocycles. The van der Waals surface area contributed by atoms with Gasteiger partial charge in [0, 0.05) is 42.1 Å². The predicted molar refractivity (Wildman–Crippen MR) is 227 cm³/mol. The highest BCUT2D eigenvalue weighted by Crippen LogP contribution is 2.45. The van der Waals surface area contributed by atoms with E-state index in [9.17, 15) is 14.4 Å². The Labute approximate surface area is 351 Å². The van der Waals surface area contributed by atoms with E-state index in [1.807, 2.05) is 52.5 Å². The molecule has 0 spiro atoms. The zero-order chi connectivity index (χ0) is 41.9. The van der Waals surface area contributed by atoms with Gasteiger partial charge in [0.05, 0.1) is 42.5 Å². The predicted octanol–water partition coefficient (Wildman–Crippen LogP) is 8.81. The van der Waals surface area contributed by atoms with Gasteiger partial charge in [-0.25, -0.2) is 19.6 Å². The van der Waals surface area contributed by atoms with Crippen LogP contribution in [-0.2, 0) is 25.6 Å². The molecule has 14 nitrogen and oxygen atoms in total. The number of alkyl carbamates (subject to hydrolysis) is 1. The lowest BCUT2D eigenvalue weighted by molar-refractivity contribution is -0.137. The van der Waals surface area contributed by atoms with Gasteiger partial charge in [0.15, 0.2) is 0 Å². The van der Waals surface area contributed by atoms with Crippen LogP contribution in [0.2, 0.25) is 0 Å². The summed E-state index contributed by atoms with van der Waals surface area (Å²) < 4.78 is 23.2. The summed E-state index contributed by atoms with van der Waals surface area (Å²) in [6, 6.07) is 13.4. The molecule has 0 bridgehead atoms. The number of methoxy groups -OCH3 is 2. The number of hydrogen-bond donors (Lipinski definition) is 3. The number of benzene rings is 3. The van der Waals surface area contributed by atoms with Crippen LogP contribution >= 0.6 is 15.9 Å². The molecule has 59 heavy (non-hydrogen) atoms. The molecule has 3 aromatic carbocycles. The van der Waals surface area contributed by atoms with E-state index in [-0.39, 0.29) is 42.0 Å². The summed E-state index contributed by atoms with van der Waals surface area (Å²) in [5, 5.41) is 4.75. The van der Waals surface area contributed by atoms with Gasteiger partial charge >= 0.3 is 12.2 Å². The lowest BCUT2D eigenvalue weighted by Gasteiger charge is -2.32. The number of hydrogen-bond acceptors (Lipinski definition) is 9. The van der Waals surface area contributed by atoms with Crippen molar-refractivity contribution in [3.05, 3.63) is 64.3 Å². The number of amides is 3. The fourth-order valence-electron chi connectivity index (χ4n) is 8.89. The van der Waals surface area contributed by atoms with Gasteiger partial charge < -0.3 is 39.1 Å². The largest absolute Gasteiger partial charge is 0.488 e. The quantitative estimate of drug-likeness (QED) is 0.138. The zero-order valence-corrected chi connectivity index (χ0v) is 36.4. The molecule has 312 valence electrons. The first kappa shape index (κ1) is 40.6. The average Bonchev–Trinajstić information content (AvgIpc) is 3.99. The smallest absolute Gasteiger partial charge is 0.410 e. The Bertz CT molecular complexity index is 2440. The standard InChI is InChI=1S/C44H52BrN7O7/c1-22(2)35(49-42(54)57-8)41(53)52-23(3)9-14-32(52)39-46-31-13-11-25-17-30-28-12-10-26(16-27(28)21-58-34(30)18-29(25)37(31)48-39)36-38(45)50-40(47-36)33-15-24(20-56-7)19-51(33)43(55)59-44(4,5)6/h10-13,16-18,22-24,32-33,35H,9,14-15,19-21H2,1-8H3,(H,46,48)(H,47,50)(H,49,54)/t23-,24-,32-,33-,35-/m0/s1. The molecule has 0 unspecified atom stereocenters.